The Morgan fingerprint density at radius 2 is 1.79 bits per heavy atom. The largest absolute Gasteiger partial charge is 0.452 e. The van der Waals surface area contributed by atoms with Crippen LogP contribution in [0.5, 0.6) is 0 Å². The molecule has 0 heterocycles. The van der Waals surface area contributed by atoms with Crippen molar-refractivity contribution in [2.45, 2.75) is 86.5 Å². The van der Waals surface area contributed by atoms with Crippen molar-refractivity contribution in [2.24, 2.45) is 33.0 Å². The maximum atomic E-state index is 13.6. The van der Waals surface area contributed by atoms with Crippen LogP contribution in [0, 0.1) is 45.3 Å². The minimum atomic E-state index is -0.614. The third-order valence-corrected chi connectivity index (χ3v) is 13.3. The number of terminal acetylenes is 1. The molecule has 0 bridgehead atoms. The molecule has 5 nitrogen and oxygen atoms in total. The van der Waals surface area contributed by atoms with Crippen LogP contribution in [0.1, 0.15) is 92.1 Å². The summed E-state index contributed by atoms with van der Waals surface area (Å²) in [5, 5.41) is 0.571. The molecule has 6 heteroatoms. The van der Waals surface area contributed by atoms with Crippen molar-refractivity contribution < 1.29 is 23.9 Å². The lowest BCUT2D eigenvalue weighted by molar-refractivity contribution is -0.181. The molecule has 1 aromatic rings. The molecule has 0 spiro atoms. The number of fused-ring (bicyclic) bond motifs is 7. The lowest BCUT2D eigenvalue weighted by Crippen LogP contribution is -2.62. The fourth-order valence-electron chi connectivity index (χ4n) is 9.95. The van der Waals surface area contributed by atoms with E-state index in [1.165, 1.54) is 11.6 Å². The maximum Gasteiger partial charge on any atom is 0.336 e. The molecular weight excluding hydrogens is 608 g/mol. The Morgan fingerprint density at radius 3 is 2.51 bits per heavy atom. The predicted molar refractivity (Wildman–Crippen MR) is 185 cm³/mol. The molecule has 0 radical (unpaired) electrons. The lowest BCUT2D eigenvalue weighted by atomic mass is 9.34. The van der Waals surface area contributed by atoms with Gasteiger partial charge in [-0.1, -0.05) is 75.1 Å². The van der Waals surface area contributed by atoms with Crippen molar-refractivity contribution in [3.8, 4) is 12.3 Å². The molecule has 0 aromatic heterocycles. The average Bonchev–Trinajstić information content (AvgIpc) is 3.03. The van der Waals surface area contributed by atoms with Gasteiger partial charge in [0, 0.05) is 22.1 Å². The standard InChI is InChI=1S/C41H45ClO5/c1-8-22-46-36(45)38(4)17-16-37(3)18-20-40(6)32-14-13-29-26(2)35(47-34(44)15-12-27-10-9-11-28(42)23-27)31(43)24-30(29)39(32,5)19-21-41(40,7)33(37)25-38/h1,9-15,23-24,33H,16-22,25H2,2-7H3/b15-12+/t33-,37-,38-,39+,40-,41+/m1/s1. The summed E-state index contributed by atoms with van der Waals surface area (Å²) in [6.45, 7) is 13.5. The van der Waals surface area contributed by atoms with E-state index in [2.05, 4.69) is 52.7 Å². The van der Waals surface area contributed by atoms with Crippen LogP contribution in [0.25, 0.3) is 6.08 Å². The molecule has 5 aliphatic carbocycles. The molecule has 0 saturated heterocycles. The quantitative estimate of drug-likeness (QED) is 0.180. The maximum absolute atomic E-state index is 13.6. The van der Waals surface area contributed by atoms with E-state index < -0.39 is 11.4 Å². The van der Waals surface area contributed by atoms with Crippen LogP contribution in [-0.4, -0.2) is 24.3 Å². The topological polar surface area (TPSA) is 69.7 Å². The number of hydrogen-bond acceptors (Lipinski definition) is 5. The van der Waals surface area contributed by atoms with E-state index in [0.29, 0.717) is 16.5 Å². The first-order valence-corrected chi connectivity index (χ1v) is 17.2. The van der Waals surface area contributed by atoms with Gasteiger partial charge in [0.15, 0.2) is 12.4 Å². The van der Waals surface area contributed by atoms with Gasteiger partial charge in [-0.25, -0.2) is 4.79 Å². The molecule has 0 amide bonds. The van der Waals surface area contributed by atoms with Crippen molar-refractivity contribution in [1.82, 2.24) is 0 Å². The van der Waals surface area contributed by atoms with E-state index in [1.54, 1.807) is 30.4 Å². The Labute approximate surface area is 284 Å². The Morgan fingerprint density at radius 1 is 1.04 bits per heavy atom. The number of esters is 2. The zero-order valence-electron chi connectivity index (χ0n) is 28.4. The van der Waals surface area contributed by atoms with E-state index in [-0.39, 0.29) is 45.8 Å². The minimum Gasteiger partial charge on any atom is -0.452 e. The Bertz CT molecular complexity index is 1770. The number of carbonyl (C=O) groups excluding carboxylic acids is 3. The number of allylic oxidation sites excluding steroid dienone is 7. The summed E-state index contributed by atoms with van der Waals surface area (Å²) < 4.78 is 11.2. The summed E-state index contributed by atoms with van der Waals surface area (Å²) >= 11 is 6.06. The number of hydrogen-bond donors (Lipinski definition) is 0. The number of ketones is 1. The Kier molecular flexibility index (Phi) is 8.16. The number of ether oxygens (including phenoxy) is 2. The first-order valence-electron chi connectivity index (χ1n) is 16.8. The van der Waals surface area contributed by atoms with Crippen molar-refractivity contribution in [3.05, 3.63) is 87.2 Å². The second-order valence-corrected chi connectivity index (χ2v) is 16.1. The van der Waals surface area contributed by atoms with Crippen molar-refractivity contribution >= 4 is 35.4 Å². The van der Waals surface area contributed by atoms with Gasteiger partial charge in [0.25, 0.3) is 0 Å². The van der Waals surface area contributed by atoms with Crippen LogP contribution in [0.3, 0.4) is 0 Å². The zero-order chi connectivity index (χ0) is 34.0. The van der Waals surface area contributed by atoms with E-state index in [4.69, 9.17) is 27.5 Å². The fraction of sp³-hybridized carbons (Fsp3) is 0.488. The summed E-state index contributed by atoms with van der Waals surface area (Å²) in [5.74, 6) is 1.77. The van der Waals surface area contributed by atoms with Crippen molar-refractivity contribution in [3.63, 3.8) is 0 Å². The molecule has 0 N–H and O–H groups in total. The first kappa shape index (κ1) is 33.3. The summed E-state index contributed by atoms with van der Waals surface area (Å²) in [4.78, 5) is 39.7. The highest BCUT2D eigenvalue weighted by molar-refractivity contribution is 6.30. The normalized spacial score (nSPS) is 36.1. The van der Waals surface area contributed by atoms with Gasteiger partial charge in [0.2, 0.25) is 5.78 Å². The average molecular weight is 653 g/mol. The number of rotatable bonds is 5. The van der Waals surface area contributed by atoms with Gasteiger partial charge in [-0.2, -0.15) is 0 Å². The van der Waals surface area contributed by atoms with Gasteiger partial charge < -0.3 is 9.47 Å². The highest BCUT2D eigenvalue weighted by atomic mass is 35.5. The zero-order valence-corrected chi connectivity index (χ0v) is 29.2. The van der Waals surface area contributed by atoms with Gasteiger partial charge in [-0.05, 0) is 122 Å². The smallest absolute Gasteiger partial charge is 0.336 e. The molecule has 47 heavy (non-hydrogen) atoms. The predicted octanol–water partition coefficient (Wildman–Crippen LogP) is 9.14. The lowest BCUT2D eigenvalue weighted by Gasteiger charge is -2.70. The molecule has 1 aromatic carbocycles. The molecule has 6 rings (SSSR count). The van der Waals surface area contributed by atoms with Gasteiger partial charge >= 0.3 is 11.9 Å². The van der Waals surface area contributed by atoms with Crippen LogP contribution in [-0.2, 0) is 23.9 Å². The van der Waals surface area contributed by atoms with Gasteiger partial charge in [0.1, 0.15) is 0 Å². The van der Waals surface area contributed by atoms with Gasteiger partial charge in [-0.3, -0.25) is 9.59 Å². The first-order chi connectivity index (χ1) is 22.1. The summed E-state index contributed by atoms with van der Waals surface area (Å²) in [6, 6.07) is 7.15. The van der Waals surface area contributed by atoms with E-state index in [1.807, 2.05) is 13.0 Å². The molecule has 6 atom stereocenters. The SMILES string of the molecule is C#CCOC(=O)[C@]1(C)CC[C@]2(C)CC[C@]3(C)C4=CC=C5C(=CC(=O)C(OC(=O)/C=C/c6cccc(Cl)c6)=C5C)[C@]4(C)CC[C@@]3(C)[C@@H]2C1. The highest BCUT2D eigenvalue weighted by Gasteiger charge is 2.67. The molecule has 246 valence electrons. The minimum absolute atomic E-state index is 0.00751. The third-order valence-electron chi connectivity index (χ3n) is 13.1. The molecule has 0 aliphatic heterocycles. The van der Waals surface area contributed by atoms with E-state index in [9.17, 15) is 14.4 Å². The van der Waals surface area contributed by atoms with Gasteiger partial charge in [-0.15, -0.1) is 6.42 Å². The van der Waals surface area contributed by atoms with Crippen LogP contribution < -0.4 is 0 Å². The summed E-state index contributed by atoms with van der Waals surface area (Å²) in [5.41, 5.74) is 3.83. The second-order valence-electron chi connectivity index (χ2n) is 15.7. The van der Waals surface area contributed by atoms with E-state index >= 15 is 0 Å². The highest BCUT2D eigenvalue weighted by Crippen LogP contribution is 2.75. The monoisotopic (exact) mass is 652 g/mol. The van der Waals surface area contributed by atoms with Crippen LogP contribution in [0.4, 0.5) is 0 Å². The Balaban J connectivity index is 1.32. The molecule has 0 unspecified atom stereocenters. The Hall–Kier alpha value is -3.62. The van der Waals surface area contributed by atoms with Crippen LogP contribution in [0.2, 0.25) is 5.02 Å². The number of benzene rings is 1. The molecule has 3 saturated carbocycles. The fourth-order valence-corrected chi connectivity index (χ4v) is 10.2. The summed E-state index contributed by atoms with van der Waals surface area (Å²) in [6.07, 6.45) is 21.0. The molecule has 5 aliphatic rings. The van der Waals surface area contributed by atoms with Crippen LogP contribution >= 0.6 is 11.6 Å². The molecule has 3 fully saturated rings. The molecular formula is C41H45ClO5. The van der Waals surface area contributed by atoms with Crippen LogP contribution in [0.15, 0.2) is 76.6 Å². The summed E-state index contributed by atoms with van der Waals surface area (Å²) in [7, 11) is 0. The number of halogens is 1. The van der Waals surface area contributed by atoms with Gasteiger partial charge in [0.05, 0.1) is 5.41 Å². The number of carbonyl (C=O) groups is 3. The van der Waals surface area contributed by atoms with Crippen molar-refractivity contribution in [2.75, 3.05) is 6.61 Å². The second kappa shape index (κ2) is 11.5. The van der Waals surface area contributed by atoms with Crippen molar-refractivity contribution in [1.29, 1.82) is 0 Å². The van der Waals surface area contributed by atoms with E-state index in [0.717, 1.165) is 61.7 Å². The third kappa shape index (κ3) is 5.19.